The molecule has 0 aliphatic rings. The predicted octanol–water partition coefficient (Wildman–Crippen LogP) is 3.22. The Morgan fingerprint density at radius 3 is 2.48 bits per heavy atom. The topological polar surface area (TPSA) is 73.9 Å². The quantitative estimate of drug-likeness (QED) is 0.562. The highest BCUT2D eigenvalue weighted by molar-refractivity contribution is 6.32. The molecule has 7 heteroatoms. The Labute approximate surface area is 153 Å². The molecule has 0 saturated heterocycles. The summed E-state index contributed by atoms with van der Waals surface area (Å²) in [6.07, 6.45) is 3.31. The monoisotopic (exact) mass is 369 g/mol. The summed E-state index contributed by atoms with van der Waals surface area (Å²) in [5, 5.41) is 3.03. The number of nitrogens with one attached hydrogen (secondary N) is 1. The number of ether oxygens (including phenoxy) is 3. The fourth-order valence-electron chi connectivity index (χ4n) is 2.14. The van der Waals surface area contributed by atoms with Crippen molar-refractivity contribution in [1.29, 1.82) is 0 Å². The summed E-state index contributed by atoms with van der Waals surface area (Å²) in [4.78, 5) is 23.9. The van der Waals surface area contributed by atoms with E-state index in [1.54, 1.807) is 32.1 Å². The number of rotatable bonds is 8. The van der Waals surface area contributed by atoms with Crippen LogP contribution in [0, 0.1) is 0 Å². The van der Waals surface area contributed by atoms with Gasteiger partial charge in [-0.25, -0.2) is 4.79 Å². The Morgan fingerprint density at radius 1 is 1.28 bits per heavy atom. The Kier molecular flexibility index (Phi) is 7.77. The molecule has 1 amide bonds. The molecule has 1 atom stereocenters. The van der Waals surface area contributed by atoms with E-state index in [2.05, 4.69) is 5.32 Å². The van der Waals surface area contributed by atoms with Crippen LogP contribution in [0.4, 0.5) is 0 Å². The molecule has 0 bridgehead atoms. The number of methoxy groups -OCH3 is 2. The van der Waals surface area contributed by atoms with Gasteiger partial charge in [-0.15, -0.1) is 0 Å². The Bertz CT molecular complexity index is 659. The van der Waals surface area contributed by atoms with Crippen LogP contribution in [0.1, 0.15) is 32.8 Å². The third kappa shape index (κ3) is 5.39. The predicted molar refractivity (Wildman–Crippen MR) is 97.1 cm³/mol. The second-order valence-electron chi connectivity index (χ2n) is 5.47. The molecule has 6 nitrogen and oxygen atoms in total. The number of hydrogen-bond donors (Lipinski definition) is 1. The normalized spacial score (nSPS) is 13.2. The molecule has 1 rings (SSSR count). The lowest BCUT2D eigenvalue weighted by atomic mass is 9.99. The van der Waals surface area contributed by atoms with E-state index < -0.39 is 17.4 Å². The Balaban J connectivity index is 2.97. The standard InChI is InChI=1S/C18H24ClNO5/c1-6-18(3,17(22)24-5)20-15(21)9-8-12-10-13(19)16(23-4)14(11-12)25-7-2/h8-11H,6-7H2,1-5H3,(H,20,21)/b9-8+. The van der Waals surface area contributed by atoms with Gasteiger partial charge in [-0.3, -0.25) is 4.79 Å². The van der Waals surface area contributed by atoms with Crippen molar-refractivity contribution in [3.8, 4) is 11.5 Å². The molecule has 0 radical (unpaired) electrons. The highest BCUT2D eigenvalue weighted by atomic mass is 35.5. The highest BCUT2D eigenvalue weighted by Gasteiger charge is 2.33. The molecule has 1 aromatic carbocycles. The second-order valence-corrected chi connectivity index (χ2v) is 5.87. The summed E-state index contributed by atoms with van der Waals surface area (Å²) >= 11 is 6.17. The van der Waals surface area contributed by atoms with Crippen molar-refractivity contribution in [2.75, 3.05) is 20.8 Å². The van der Waals surface area contributed by atoms with E-state index in [9.17, 15) is 9.59 Å². The zero-order valence-corrected chi connectivity index (χ0v) is 15.9. The number of benzene rings is 1. The average Bonchev–Trinajstić information content (AvgIpc) is 2.59. The van der Waals surface area contributed by atoms with Gasteiger partial charge in [0.25, 0.3) is 0 Å². The first kappa shape index (κ1) is 20.8. The minimum atomic E-state index is -1.08. The second kappa shape index (κ2) is 9.32. The number of esters is 1. The molecule has 138 valence electrons. The van der Waals surface area contributed by atoms with Crippen molar-refractivity contribution in [3.63, 3.8) is 0 Å². The molecule has 1 aromatic rings. The van der Waals surface area contributed by atoms with Gasteiger partial charge in [0.05, 0.1) is 25.8 Å². The molecule has 0 saturated carbocycles. The maximum absolute atomic E-state index is 12.1. The molecule has 1 unspecified atom stereocenters. The van der Waals surface area contributed by atoms with Crippen molar-refractivity contribution < 1.29 is 23.8 Å². The zero-order valence-electron chi connectivity index (χ0n) is 15.1. The molecule has 0 aliphatic carbocycles. The van der Waals surface area contributed by atoms with Gasteiger partial charge in [-0.1, -0.05) is 18.5 Å². The summed E-state index contributed by atoms with van der Waals surface area (Å²) in [5.41, 5.74) is -0.412. The SMILES string of the molecule is CCOc1cc(/C=C/C(=O)NC(C)(CC)C(=O)OC)cc(Cl)c1OC. The molecule has 1 N–H and O–H groups in total. The highest BCUT2D eigenvalue weighted by Crippen LogP contribution is 2.36. The smallest absolute Gasteiger partial charge is 0.331 e. The van der Waals surface area contributed by atoms with Crippen molar-refractivity contribution in [2.45, 2.75) is 32.7 Å². The summed E-state index contributed by atoms with van der Waals surface area (Å²) in [6, 6.07) is 3.38. The van der Waals surface area contributed by atoms with Gasteiger partial charge in [0.2, 0.25) is 5.91 Å². The van der Waals surface area contributed by atoms with E-state index >= 15 is 0 Å². The van der Waals surface area contributed by atoms with E-state index in [-0.39, 0.29) is 0 Å². The van der Waals surface area contributed by atoms with Crippen LogP contribution < -0.4 is 14.8 Å². The fourth-order valence-corrected chi connectivity index (χ4v) is 2.44. The lowest BCUT2D eigenvalue weighted by molar-refractivity contribution is -0.149. The first-order valence-corrected chi connectivity index (χ1v) is 8.28. The van der Waals surface area contributed by atoms with Gasteiger partial charge in [0.15, 0.2) is 11.5 Å². The number of carbonyl (C=O) groups is 2. The minimum absolute atomic E-state index is 0.376. The average molecular weight is 370 g/mol. The van der Waals surface area contributed by atoms with Crippen molar-refractivity contribution >= 4 is 29.6 Å². The molecule has 25 heavy (non-hydrogen) atoms. The lowest BCUT2D eigenvalue weighted by Gasteiger charge is -2.25. The van der Waals surface area contributed by atoms with E-state index in [4.69, 9.17) is 25.8 Å². The number of halogens is 1. The number of amides is 1. The lowest BCUT2D eigenvalue weighted by Crippen LogP contribution is -2.51. The van der Waals surface area contributed by atoms with Crippen molar-refractivity contribution in [2.24, 2.45) is 0 Å². The summed E-state index contributed by atoms with van der Waals surface area (Å²) in [7, 11) is 2.79. The van der Waals surface area contributed by atoms with Gasteiger partial charge < -0.3 is 19.5 Å². The summed E-state index contributed by atoms with van der Waals surface area (Å²) < 4.78 is 15.4. The maximum atomic E-state index is 12.1. The summed E-state index contributed by atoms with van der Waals surface area (Å²) in [5.74, 6) is 0.0161. The van der Waals surface area contributed by atoms with Crippen molar-refractivity contribution in [1.82, 2.24) is 5.32 Å². The Hall–Kier alpha value is -2.21. The van der Waals surface area contributed by atoms with Crippen LogP contribution >= 0.6 is 11.6 Å². The van der Waals surface area contributed by atoms with Gasteiger partial charge in [-0.05, 0) is 44.0 Å². The van der Waals surface area contributed by atoms with Gasteiger partial charge in [-0.2, -0.15) is 0 Å². The van der Waals surface area contributed by atoms with Crippen molar-refractivity contribution in [3.05, 3.63) is 28.8 Å². The molecular formula is C18H24ClNO5. The largest absolute Gasteiger partial charge is 0.491 e. The molecule has 0 spiro atoms. The molecular weight excluding hydrogens is 346 g/mol. The van der Waals surface area contributed by atoms with Gasteiger partial charge >= 0.3 is 5.97 Å². The van der Waals surface area contributed by atoms with Gasteiger partial charge in [0, 0.05) is 6.08 Å². The van der Waals surface area contributed by atoms with E-state index in [0.29, 0.717) is 35.1 Å². The van der Waals surface area contributed by atoms with Crippen LogP contribution in [-0.2, 0) is 14.3 Å². The van der Waals surface area contributed by atoms with Crippen LogP contribution in [0.25, 0.3) is 6.08 Å². The van der Waals surface area contributed by atoms with E-state index in [0.717, 1.165) is 0 Å². The third-order valence-corrected chi connectivity index (χ3v) is 3.99. The third-order valence-electron chi connectivity index (χ3n) is 3.71. The minimum Gasteiger partial charge on any atom is -0.491 e. The molecule has 0 heterocycles. The number of carbonyl (C=O) groups excluding carboxylic acids is 2. The molecule has 0 aliphatic heterocycles. The maximum Gasteiger partial charge on any atom is 0.331 e. The van der Waals surface area contributed by atoms with Crippen LogP contribution in [-0.4, -0.2) is 38.2 Å². The number of hydrogen-bond acceptors (Lipinski definition) is 5. The molecule has 0 fully saturated rings. The van der Waals surface area contributed by atoms with Crippen LogP contribution in [0.5, 0.6) is 11.5 Å². The van der Waals surface area contributed by atoms with E-state index in [1.165, 1.54) is 20.3 Å². The van der Waals surface area contributed by atoms with E-state index in [1.807, 2.05) is 6.92 Å². The zero-order chi connectivity index (χ0) is 19.0. The van der Waals surface area contributed by atoms with Gasteiger partial charge in [0.1, 0.15) is 5.54 Å². The first-order valence-electron chi connectivity index (χ1n) is 7.90. The summed E-state index contributed by atoms with van der Waals surface area (Å²) in [6.45, 7) is 5.70. The Morgan fingerprint density at radius 2 is 1.96 bits per heavy atom. The van der Waals surface area contributed by atoms with Crippen LogP contribution in [0.2, 0.25) is 5.02 Å². The first-order chi connectivity index (χ1) is 11.8. The van der Waals surface area contributed by atoms with Crippen LogP contribution in [0.15, 0.2) is 18.2 Å². The molecule has 0 aromatic heterocycles. The van der Waals surface area contributed by atoms with Crippen LogP contribution in [0.3, 0.4) is 0 Å². The fraction of sp³-hybridized carbons (Fsp3) is 0.444.